The van der Waals surface area contributed by atoms with E-state index in [9.17, 15) is 14.4 Å². The van der Waals surface area contributed by atoms with Gasteiger partial charge in [0.25, 0.3) is 5.91 Å². The highest BCUT2D eigenvalue weighted by molar-refractivity contribution is 6.01. The molecule has 2 amide bonds. The van der Waals surface area contributed by atoms with Gasteiger partial charge in [0.15, 0.2) is 0 Å². The number of carbonyl (C=O) groups excluding carboxylic acids is 3. The van der Waals surface area contributed by atoms with Crippen LogP contribution in [0.1, 0.15) is 28.4 Å². The van der Waals surface area contributed by atoms with Crippen molar-refractivity contribution >= 4 is 28.7 Å². The summed E-state index contributed by atoms with van der Waals surface area (Å²) >= 11 is 0. The Bertz CT molecular complexity index is 1120. The Balaban J connectivity index is 1.50. The average molecular weight is 405 g/mol. The van der Waals surface area contributed by atoms with Gasteiger partial charge in [0.2, 0.25) is 5.91 Å². The second kappa shape index (κ2) is 8.02. The summed E-state index contributed by atoms with van der Waals surface area (Å²) in [6.45, 7) is 2.04. The van der Waals surface area contributed by atoms with E-state index in [0.29, 0.717) is 12.1 Å². The number of ether oxygens (including phenoxy) is 1. The van der Waals surface area contributed by atoms with Crippen molar-refractivity contribution in [1.29, 1.82) is 0 Å². The van der Waals surface area contributed by atoms with E-state index in [4.69, 9.17) is 4.74 Å². The molecule has 7 heteroatoms. The molecule has 0 spiro atoms. The topological polar surface area (TPSA) is 91.5 Å². The van der Waals surface area contributed by atoms with E-state index >= 15 is 0 Å². The molecule has 3 aromatic rings. The fraction of sp³-hybridized carbons (Fsp3) is 0.261. The minimum absolute atomic E-state index is 0.181. The van der Waals surface area contributed by atoms with Crippen LogP contribution in [0.5, 0.6) is 0 Å². The van der Waals surface area contributed by atoms with Crippen LogP contribution in [0.4, 0.5) is 0 Å². The molecule has 154 valence electrons. The van der Waals surface area contributed by atoms with E-state index in [1.54, 1.807) is 19.1 Å². The largest absolute Gasteiger partial charge is 0.467 e. The molecular weight excluding hydrogens is 382 g/mol. The lowest BCUT2D eigenvalue weighted by Crippen LogP contribution is -2.51. The normalized spacial score (nSPS) is 15.0. The maximum Gasteiger partial charge on any atom is 0.328 e. The number of hydrogen-bond acceptors (Lipinski definition) is 4. The zero-order chi connectivity index (χ0) is 21.3. The molecule has 0 unspecified atom stereocenters. The predicted molar refractivity (Wildman–Crippen MR) is 112 cm³/mol. The summed E-state index contributed by atoms with van der Waals surface area (Å²) in [6, 6.07) is 13.5. The minimum atomic E-state index is -0.857. The molecule has 7 nitrogen and oxygen atoms in total. The van der Waals surface area contributed by atoms with E-state index in [1.807, 2.05) is 42.6 Å². The molecule has 2 atom stereocenters. The molecule has 0 saturated heterocycles. The monoisotopic (exact) mass is 405 g/mol. The number of para-hydroxylation sites is 1. The molecule has 2 N–H and O–H groups in total. The molecule has 0 fully saturated rings. The molecule has 0 bridgehead atoms. The summed E-state index contributed by atoms with van der Waals surface area (Å²) in [7, 11) is 1.29. The fourth-order valence-electron chi connectivity index (χ4n) is 3.88. The quantitative estimate of drug-likeness (QED) is 0.616. The number of H-pyrrole nitrogens is 1. The minimum Gasteiger partial charge on any atom is -0.467 e. The molecule has 0 radical (unpaired) electrons. The lowest BCUT2D eigenvalue weighted by atomic mass is 10.0. The number of esters is 1. The number of nitrogens with zero attached hydrogens (tertiary/aromatic N) is 1. The standard InChI is InChI=1S/C23H23N3O4/c1-14(26-13-15-7-3-4-9-18(15)22(26)28)21(27)25-20(23(29)30-2)11-16-12-24-19-10-6-5-8-17(16)19/h3-10,12,14,20,24H,11,13H2,1-2H3,(H,25,27)/t14-,20+/m1/s1. The summed E-state index contributed by atoms with van der Waals surface area (Å²) < 4.78 is 4.91. The van der Waals surface area contributed by atoms with E-state index < -0.39 is 24.0 Å². The Labute approximate surface area is 174 Å². The summed E-state index contributed by atoms with van der Waals surface area (Å²) in [4.78, 5) is 42.7. The smallest absolute Gasteiger partial charge is 0.328 e. The first kappa shape index (κ1) is 19.7. The summed E-state index contributed by atoms with van der Waals surface area (Å²) in [6.07, 6.45) is 2.11. The Morgan fingerprint density at radius 1 is 1.17 bits per heavy atom. The lowest BCUT2D eigenvalue weighted by molar-refractivity contribution is -0.145. The summed E-state index contributed by atoms with van der Waals surface area (Å²) in [5.74, 6) is -1.11. The molecule has 4 rings (SSSR count). The van der Waals surface area contributed by atoms with Gasteiger partial charge in [-0.05, 0) is 30.2 Å². The molecule has 30 heavy (non-hydrogen) atoms. The zero-order valence-electron chi connectivity index (χ0n) is 16.8. The van der Waals surface area contributed by atoms with Crippen LogP contribution >= 0.6 is 0 Å². The number of fused-ring (bicyclic) bond motifs is 2. The van der Waals surface area contributed by atoms with Gasteiger partial charge in [0.1, 0.15) is 12.1 Å². The molecule has 1 aliphatic heterocycles. The van der Waals surface area contributed by atoms with Crippen LogP contribution in [-0.2, 0) is 27.3 Å². The molecule has 0 saturated carbocycles. The van der Waals surface area contributed by atoms with Gasteiger partial charge in [-0.3, -0.25) is 9.59 Å². The maximum atomic E-state index is 12.9. The fourth-order valence-corrected chi connectivity index (χ4v) is 3.88. The number of carbonyl (C=O) groups is 3. The number of aromatic amines is 1. The first-order valence-corrected chi connectivity index (χ1v) is 9.81. The van der Waals surface area contributed by atoms with Crippen molar-refractivity contribution < 1.29 is 19.1 Å². The van der Waals surface area contributed by atoms with Crippen LogP contribution in [0, 0.1) is 0 Å². The van der Waals surface area contributed by atoms with Crippen LogP contribution in [0.2, 0.25) is 0 Å². The Hall–Kier alpha value is -3.61. The number of methoxy groups -OCH3 is 1. The van der Waals surface area contributed by atoms with Gasteiger partial charge in [-0.2, -0.15) is 0 Å². The van der Waals surface area contributed by atoms with Crippen molar-refractivity contribution in [2.24, 2.45) is 0 Å². The molecule has 0 aliphatic carbocycles. The van der Waals surface area contributed by atoms with Crippen LogP contribution in [-0.4, -0.2) is 46.9 Å². The molecule has 2 aromatic carbocycles. The van der Waals surface area contributed by atoms with Crippen molar-refractivity contribution in [2.75, 3.05) is 7.11 Å². The third kappa shape index (κ3) is 3.54. The van der Waals surface area contributed by atoms with Gasteiger partial charge < -0.3 is 19.9 Å². The van der Waals surface area contributed by atoms with E-state index in [2.05, 4.69) is 10.3 Å². The molecular formula is C23H23N3O4. The van der Waals surface area contributed by atoms with Gasteiger partial charge >= 0.3 is 5.97 Å². The number of rotatable bonds is 6. The van der Waals surface area contributed by atoms with Gasteiger partial charge in [0, 0.05) is 35.6 Å². The highest BCUT2D eigenvalue weighted by Crippen LogP contribution is 2.24. The molecule has 2 heterocycles. The van der Waals surface area contributed by atoms with Crippen molar-refractivity contribution in [2.45, 2.75) is 32.0 Å². The number of nitrogens with one attached hydrogen (secondary N) is 2. The van der Waals surface area contributed by atoms with Crippen molar-refractivity contribution in [3.05, 3.63) is 71.4 Å². The number of hydrogen-bond donors (Lipinski definition) is 2. The first-order valence-electron chi connectivity index (χ1n) is 9.81. The predicted octanol–water partition coefficient (Wildman–Crippen LogP) is 2.41. The summed E-state index contributed by atoms with van der Waals surface area (Å²) in [5.41, 5.74) is 3.36. The number of aromatic nitrogens is 1. The van der Waals surface area contributed by atoms with Gasteiger partial charge in [-0.15, -0.1) is 0 Å². The van der Waals surface area contributed by atoms with Crippen LogP contribution in [0.15, 0.2) is 54.7 Å². The molecule has 1 aromatic heterocycles. The highest BCUT2D eigenvalue weighted by Gasteiger charge is 2.35. The van der Waals surface area contributed by atoms with Gasteiger partial charge in [-0.1, -0.05) is 36.4 Å². The van der Waals surface area contributed by atoms with Crippen LogP contribution in [0.25, 0.3) is 10.9 Å². The second-order valence-electron chi connectivity index (χ2n) is 7.41. The third-order valence-electron chi connectivity index (χ3n) is 5.60. The highest BCUT2D eigenvalue weighted by atomic mass is 16.5. The van der Waals surface area contributed by atoms with Crippen molar-refractivity contribution in [3.63, 3.8) is 0 Å². The molecule has 1 aliphatic rings. The first-order chi connectivity index (χ1) is 14.5. The Morgan fingerprint density at radius 3 is 2.67 bits per heavy atom. The van der Waals surface area contributed by atoms with Crippen molar-refractivity contribution in [3.8, 4) is 0 Å². The summed E-state index contributed by atoms with van der Waals surface area (Å²) in [5, 5.41) is 3.76. The Kier molecular flexibility index (Phi) is 5.27. The zero-order valence-corrected chi connectivity index (χ0v) is 16.8. The SMILES string of the molecule is COC(=O)[C@H](Cc1c[nH]c2ccccc12)NC(=O)[C@@H](C)N1Cc2ccccc2C1=O. The van der Waals surface area contributed by atoms with Gasteiger partial charge in [-0.25, -0.2) is 4.79 Å². The maximum absolute atomic E-state index is 12.9. The number of benzene rings is 2. The Morgan fingerprint density at radius 2 is 1.90 bits per heavy atom. The second-order valence-corrected chi connectivity index (χ2v) is 7.41. The van der Waals surface area contributed by atoms with E-state index in [0.717, 1.165) is 22.0 Å². The average Bonchev–Trinajstić information content (AvgIpc) is 3.33. The third-order valence-corrected chi connectivity index (χ3v) is 5.60. The van der Waals surface area contributed by atoms with E-state index in [1.165, 1.54) is 12.0 Å². The van der Waals surface area contributed by atoms with Gasteiger partial charge in [0.05, 0.1) is 7.11 Å². The number of amides is 2. The van der Waals surface area contributed by atoms with E-state index in [-0.39, 0.29) is 12.3 Å². The van der Waals surface area contributed by atoms with Crippen molar-refractivity contribution in [1.82, 2.24) is 15.2 Å². The lowest BCUT2D eigenvalue weighted by Gasteiger charge is -2.25. The van der Waals surface area contributed by atoms with Crippen LogP contribution in [0.3, 0.4) is 0 Å². The van der Waals surface area contributed by atoms with Crippen LogP contribution < -0.4 is 5.32 Å².